The van der Waals surface area contributed by atoms with E-state index in [9.17, 15) is 18.0 Å². The number of hydrogen-bond donors (Lipinski definition) is 1. The van der Waals surface area contributed by atoms with Gasteiger partial charge in [-0.1, -0.05) is 31.2 Å². The first-order valence-electron chi connectivity index (χ1n) is 12.1. The van der Waals surface area contributed by atoms with Crippen molar-refractivity contribution in [3.05, 3.63) is 65.0 Å². The highest BCUT2D eigenvalue weighted by molar-refractivity contribution is 5.94. The zero-order valence-electron chi connectivity index (χ0n) is 20.8. The molecule has 0 saturated carbocycles. The highest BCUT2D eigenvalue weighted by Gasteiger charge is 2.42. The van der Waals surface area contributed by atoms with Crippen LogP contribution in [0, 0.1) is 12.8 Å². The monoisotopic (exact) mass is 512 g/mol. The second-order valence-electron chi connectivity index (χ2n) is 9.21. The normalized spacial score (nSPS) is 15.6. The Hall–Kier alpha value is -3.89. The number of benzene rings is 1. The van der Waals surface area contributed by atoms with Crippen molar-refractivity contribution >= 4 is 11.7 Å². The van der Waals surface area contributed by atoms with E-state index in [1.807, 2.05) is 44.3 Å². The molecule has 1 N–H and O–H groups in total. The van der Waals surface area contributed by atoms with Crippen LogP contribution in [0.3, 0.4) is 0 Å². The van der Waals surface area contributed by atoms with Crippen molar-refractivity contribution in [2.75, 3.05) is 7.11 Å². The maximum atomic E-state index is 13.2. The Bertz CT molecular complexity index is 1460. The highest BCUT2D eigenvalue weighted by Crippen LogP contribution is 2.39. The van der Waals surface area contributed by atoms with E-state index in [1.165, 1.54) is 7.11 Å². The predicted octanol–water partition coefficient (Wildman–Crippen LogP) is 4.53. The van der Waals surface area contributed by atoms with Crippen molar-refractivity contribution in [3.63, 3.8) is 0 Å². The van der Waals surface area contributed by atoms with Gasteiger partial charge in [0.25, 0.3) is 5.91 Å². The fraction of sp³-hybridized carbons (Fsp3) is 0.385. The molecule has 194 valence electrons. The first-order valence-corrected chi connectivity index (χ1v) is 12.1. The predicted molar refractivity (Wildman–Crippen MR) is 130 cm³/mol. The van der Waals surface area contributed by atoms with E-state index >= 15 is 0 Å². The Morgan fingerprint density at radius 3 is 2.65 bits per heavy atom. The van der Waals surface area contributed by atoms with Crippen LogP contribution >= 0.6 is 0 Å². The minimum Gasteiger partial charge on any atom is -0.481 e. The number of aryl methyl sites for hydroxylation is 2. The number of aromatic nitrogens is 5. The van der Waals surface area contributed by atoms with Crippen LogP contribution in [0.25, 0.3) is 17.0 Å². The van der Waals surface area contributed by atoms with Crippen LogP contribution in [0.4, 0.5) is 13.2 Å². The summed E-state index contributed by atoms with van der Waals surface area (Å²) < 4.78 is 48.7. The standard InChI is InChI=1S/C26H27F3N6O2/c1-4-19-22(35-14-15(2)12-31-25(35)32-19)23(36)30-13-16-5-7-17(8-6-16)21-24(37-3)34-10-9-18(26(27,28)29)11-20(34)33-21/h5-8,12,14,18H,4,9-11,13H2,1-3H3,(H,30,36). The average Bonchev–Trinajstić information content (AvgIpc) is 3.44. The molecule has 1 aliphatic rings. The summed E-state index contributed by atoms with van der Waals surface area (Å²) in [6.07, 6.45) is -0.253. The summed E-state index contributed by atoms with van der Waals surface area (Å²) in [5, 5.41) is 2.95. The van der Waals surface area contributed by atoms with Gasteiger partial charge in [0.2, 0.25) is 11.7 Å². The van der Waals surface area contributed by atoms with Gasteiger partial charge >= 0.3 is 6.18 Å². The fourth-order valence-corrected chi connectivity index (χ4v) is 4.76. The Morgan fingerprint density at radius 2 is 1.97 bits per heavy atom. The van der Waals surface area contributed by atoms with E-state index < -0.39 is 12.1 Å². The van der Waals surface area contributed by atoms with Crippen LogP contribution in [0.15, 0.2) is 36.7 Å². The summed E-state index contributed by atoms with van der Waals surface area (Å²) >= 11 is 0. The molecule has 0 saturated heterocycles. The molecule has 4 aromatic rings. The second-order valence-corrected chi connectivity index (χ2v) is 9.21. The number of carbonyl (C=O) groups excluding carboxylic acids is 1. The van der Waals surface area contributed by atoms with Crippen LogP contribution < -0.4 is 10.1 Å². The molecule has 1 aromatic carbocycles. The summed E-state index contributed by atoms with van der Waals surface area (Å²) in [6, 6.07) is 7.37. The molecular weight excluding hydrogens is 485 g/mol. The van der Waals surface area contributed by atoms with E-state index in [2.05, 4.69) is 20.3 Å². The van der Waals surface area contributed by atoms with Crippen LogP contribution in [-0.4, -0.2) is 43.1 Å². The van der Waals surface area contributed by atoms with Crippen molar-refractivity contribution in [1.29, 1.82) is 0 Å². The summed E-state index contributed by atoms with van der Waals surface area (Å²) in [5.74, 6) is -0.327. The first kappa shape index (κ1) is 24.8. The number of fused-ring (bicyclic) bond motifs is 2. The van der Waals surface area contributed by atoms with Crippen molar-refractivity contribution in [3.8, 4) is 17.1 Å². The number of nitrogens with zero attached hydrogens (tertiary/aromatic N) is 5. The van der Waals surface area contributed by atoms with Crippen molar-refractivity contribution in [2.45, 2.75) is 52.4 Å². The van der Waals surface area contributed by atoms with Gasteiger partial charge in [0, 0.05) is 37.5 Å². The van der Waals surface area contributed by atoms with Crippen molar-refractivity contribution in [1.82, 2.24) is 29.2 Å². The Morgan fingerprint density at radius 1 is 1.22 bits per heavy atom. The first-order chi connectivity index (χ1) is 17.7. The minimum atomic E-state index is -4.24. The van der Waals surface area contributed by atoms with Crippen LogP contribution in [0.2, 0.25) is 0 Å². The number of methoxy groups -OCH3 is 1. The Kier molecular flexibility index (Phi) is 6.38. The molecule has 5 rings (SSSR count). The van der Waals surface area contributed by atoms with Gasteiger partial charge in [-0.2, -0.15) is 13.2 Å². The molecule has 3 aromatic heterocycles. The number of rotatable bonds is 6. The van der Waals surface area contributed by atoms with Crippen LogP contribution in [-0.2, 0) is 25.9 Å². The Balaban J connectivity index is 1.33. The van der Waals surface area contributed by atoms with Crippen LogP contribution in [0.1, 0.15) is 46.5 Å². The number of hydrogen-bond acceptors (Lipinski definition) is 5. The molecule has 4 heterocycles. The lowest BCUT2D eigenvalue weighted by molar-refractivity contribution is -0.179. The van der Waals surface area contributed by atoms with Gasteiger partial charge < -0.3 is 10.1 Å². The highest BCUT2D eigenvalue weighted by atomic mass is 19.4. The van der Waals surface area contributed by atoms with E-state index in [0.717, 1.165) is 16.7 Å². The quantitative estimate of drug-likeness (QED) is 0.410. The number of alkyl halides is 3. The average molecular weight is 513 g/mol. The second kappa shape index (κ2) is 9.53. The smallest absolute Gasteiger partial charge is 0.392 e. The van der Waals surface area contributed by atoms with Gasteiger partial charge in [0.15, 0.2) is 0 Å². The molecular formula is C26H27F3N6O2. The molecule has 11 heteroatoms. The molecule has 0 fully saturated rings. The third-order valence-corrected chi connectivity index (χ3v) is 6.70. The zero-order valence-corrected chi connectivity index (χ0v) is 20.8. The molecule has 8 nitrogen and oxygen atoms in total. The minimum absolute atomic E-state index is 0.00312. The zero-order chi connectivity index (χ0) is 26.3. The van der Waals surface area contributed by atoms with E-state index in [0.29, 0.717) is 47.5 Å². The lowest BCUT2D eigenvalue weighted by Crippen LogP contribution is -2.31. The number of amides is 1. The van der Waals surface area contributed by atoms with Crippen molar-refractivity contribution < 1.29 is 22.7 Å². The SMILES string of the molecule is CCc1nc2ncc(C)cn2c1C(=O)NCc1ccc(-c2nc3n(c2OC)CCC(C(F)(F)F)C3)cc1. The summed E-state index contributed by atoms with van der Waals surface area (Å²) in [7, 11) is 1.50. The maximum Gasteiger partial charge on any atom is 0.392 e. The van der Waals surface area contributed by atoms with E-state index in [1.54, 1.807) is 15.2 Å². The largest absolute Gasteiger partial charge is 0.481 e. The maximum absolute atomic E-state index is 13.2. The third-order valence-electron chi connectivity index (χ3n) is 6.70. The molecule has 1 amide bonds. The van der Waals surface area contributed by atoms with Gasteiger partial charge in [-0.25, -0.2) is 15.0 Å². The number of imidazole rings is 2. The molecule has 0 aliphatic carbocycles. The lowest BCUT2D eigenvalue weighted by atomic mass is 9.97. The molecule has 37 heavy (non-hydrogen) atoms. The third kappa shape index (κ3) is 4.65. The van der Waals surface area contributed by atoms with E-state index in [4.69, 9.17) is 4.74 Å². The molecule has 0 spiro atoms. The fourth-order valence-electron chi connectivity index (χ4n) is 4.76. The van der Waals surface area contributed by atoms with Gasteiger partial charge in [-0.05, 0) is 30.9 Å². The van der Waals surface area contributed by atoms with Crippen molar-refractivity contribution in [2.24, 2.45) is 5.92 Å². The van der Waals surface area contributed by atoms with Gasteiger partial charge in [0.1, 0.15) is 17.2 Å². The molecule has 1 unspecified atom stereocenters. The number of nitrogens with one attached hydrogen (secondary N) is 1. The summed E-state index contributed by atoms with van der Waals surface area (Å²) in [6.45, 7) is 4.34. The molecule has 0 bridgehead atoms. The molecule has 1 atom stereocenters. The number of halogens is 3. The lowest BCUT2D eigenvalue weighted by Gasteiger charge is -2.25. The number of ether oxygens (including phenoxy) is 1. The topological polar surface area (TPSA) is 86.3 Å². The van der Waals surface area contributed by atoms with Crippen LogP contribution in [0.5, 0.6) is 5.88 Å². The van der Waals surface area contributed by atoms with E-state index in [-0.39, 0.29) is 25.3 Å². The Labute approximate surface area is 211 Å². The van der Waals surface area contributed by atoms with Gasteiger partial charge in [-0.3, -0.25) is 13.8 Å². The number of carbonyl (C=O) groups is 1. The summed E-state index contributed by atoms with van der Waals surface area (Å²) in [5.41, 5.74) is 4.16. The molecule has 1 aliphatic heterocycles. The molecule has 0 radical (unpaired) electrons. The summed E-state index contributed by atoms with van der Waals surface area (Å²) in [4.78, 5) is 26.3. The van der Waals surface area contributed by atoms with Gasteiger partial charge in [-0.15, -0.1) is 0 Å². The van der Waals surface area contributed by atoms with Gasteiger partial charge in [0.05, 0.1) is 18.7 Å².